The van der Waals surface area contributed by atoms with E-state index < -0.39 is 6.04 Å². The summed E-state index contributed by atoms with van der Waals surface area (Å²) in [6.45, 7) is 4.17. The average Bonchev–Trinajstić information content (AvgIpc) is 3.62. The van der Waals surface area contributed by atoms with Crippen LogP contribution in [0.1, 0.15) is 42.0 Å². The summed E-state index contributed by atoms with van der Waals surface area (Å²) in [5.74, 6) is 0.126. The van der Waals surface area contributed by atoms with Gasteiger partial charge in [0.15, 0.2) is 0 Å². The predicted octanol–water partition coefficient (Wildman–Crippen LogP) is 4.73. The molecule has 7 heteroatoms. The lowest BCUT2D eigenvalue weighted by Gasteiger charge is -2.32. The van der Waals surface area contributed by atoms with E-state index in [1.54, 1.807) is 31.2 Å². The molecule has 2 atom stereocenters. The van der Waals surface area contributed by atoms with Gasteiger partial charge in [0.1, 0.15) is 23.7 Å². The minimum atomic E-state index is -0.505. The molecule has 2 saturated heterocycles. The van der Waals surface area contributed by atoms with Gasteiger partial charge in [-0.05, 0) is 66.9 Å². The van der Waals surface area contributed by atoms with Gasteiger partial charge in [-0.2, -0.15) is 5.26 Å². The molecule has 2 heterocycles. The Morgan fingerprint density at radius 3 is 2.59 bits per heavy atom. The van der Waals surface area contributed by atoms with Crippen molar-refractivity contribution in [2.24, 2.45) is 0 Å². The molecule has 0 aromatic heterocycles. The number of rotatable bonds is 7. The predicted molar refractivity (Wildman–Crippen MR) is 142 cm³/mol. The fraction of sp³-hybridized carbons (Fsp3) is 0.400. The van der Waals surface area contributed by atoms with E-state index in [4.69, 9.17) is 4.74 Å². The van der Waals surface area contributed by atoms with E-state index in [0.717, 1.165) is 54.5 Å². The Morgan fingerprint density at radius 2 is 1.89 bits per heavy atom. The number of hydrogen-bond donors (Lipinski definition) is 0. The van der Waals surface area contributed by atoms with Gasteiger partial charge in [-0.25, -0.2) is 4.39 Å². The summed E-state index contributed by atoms with van der Waals surface area (Å²) in [6.07, 6.45) is 3.49. The third-order valence-corrected chi connectivity index (χ3v) is 7.84. The molecular formula is C30H33FN4O2. The monoisotopic (exact) mass is 500 g/mol. The molecule has 2 aliphatic rings. The van der Waals surface area contributed by atoms with Gasteiger partial charge in [-0.15, -0.1) is 0 Å². The normalized spacial score (nSPS) is 19.1. The number of benzene rings is 3. The van der Waals surface area contributed by atoms with E-state index in [1.165, 1.54) is 25.0 Å². The zero-order valence-electron chi connectivity index (χ0n) is 21.5. The number of nitrogens with zero attached hydrogens (tertiary/aromatic N) is 4. The summed E-state index contributed by atoms with van der Waals surface area (Å²) in [6, 6.07) is 18.1. The maximum absolute atomic E-state index is 14.1. The second kappa shape index (κ2) is 10.9. The maximum atomic E-state index is 14.1. The summed E-state index contributed by atoms with van der Waals surface area (Å²) in [5, 5.41) is 11.6. The molecule has 192 valence electrons. The summed E-state index contributed by atoms with van der Waals surface area (Å²) in [4.78, 5) is 20.6. The Bertz CT molecular complexity index is 1310. The first-order chi connectivity index (χ1) is 18.0. The molecule has 0 spiro atoms. The molecule has 0 radical (unpaired) electrons. The minimum absolute atomic E-state index is 0.0535. The zero-order valence-corrected chi connectivity index (χ0v) is 21.5. The van der Waals surface area contributed by atoms with Crippen molar-refractivity contribution in [1.82, 2.24) is 14.7 Å². The van der Waals surface area contributed by atoms with Crippen LogP contribution in [0.4, 0.5) is 4.39 Å². The van der Waals surface area contributed by atoms with E-state index in [9.17, 15) is 14.4 Å². The molecule has 1 amide bonds. The van der Waals surface area contributed by atoms with Crippen LogP contribution in [0.3, 0.4) is 0 Å². The van der Waals surface area contributed by atoms with Crippen molar-refractivity contribution in [2.75, 3.05) is 40.3 Å². The lowest BCUT2D eigenvalue weighted by atomic mass is 9.98. The standard InChI is InChI=1S/C30H33FN4O2/c1-33(20-27-26-8-4-3-7-22(26)17-23(18-32)29(27)37-2)30(36)28(21-9-11-24(31)12-10-21)35-16-13-25(19-35)34-14-5-6-15-34/h3-4,7-12,17,25,28H,5-6,13-16,19-20H2,1-2H3/t25-,28?/m1/s1. The first-order valence-corrected chi connectivity index (χ1v) is 13.0. The van der Waals surface area contributed by atoms with Crippen molar-refractivity contribution >= 4 is 16.7 Å². The van der Waals surface area contributed by atoms with E-state index >= 15 is 0 Å². The first kappa shape index (κ1) is 25.2. The van der Waals surface area contributed by atoms with Gasteiger partial charge in [0.25, 0.3) is 0 Å². The largest absolute Gasteiger partial charge is 0.495 e. The number of halogens is 1. The van der Waals surface area contributed by atoms with E-state index in [0.29, 0.717) is 23.9 Å². The molecule has 3 aromatic rings. The lowest BCUT2D eigenvalue weighted by Crippen LogP contribution is -2.42. The summed E-state index contributed by atoms with van der Waals surface area (Å²) in [7, 11) is 3.35. The minimum Gasteiger partial charge on any atom is -0.495 e. The quantitative estimate of drug-likeness (QED) is 0.470. The molecule has 0 N–H and O–H groups in total. The number of likely N-dealkylation sites (tertiary alicyclic amines) is 2. The van der Waals surface area contributed by atoms with Crippen molar-refractivity contribution in [2.45, 2.75) is 37.9 Å². The highest BCUT2D eigenvalue weighted by atomic mass is 19.1. The van der Waals surface area contributed by atoms with Crippen molar-refractivity contribution in [3.05, 3.63) is 77.1 Å². The Morgan fingerprint density at radius 1 is 1.16 bits per heavy atom. The molecule has 1 unspecified atom stereocenters. The number of nitriles is 1. The number of methoxy groups -OCH3 is 1. The number of fused-ring (bicyclic) bond motifs is 1. The fourth-order valence-corrected chi connectivity index (χ4v) is 5.96. The van der Waals surface area contributed by atoms with Gasteiger partial charge in [-0.3, -0.25) is 14.6 Å². The number of ether oxygens (including phenoxy) is 1. The molecule has 0 saturated carbocycles. The van der Waals surface area contributed by atoms with Crippen molar-refractivity contribution < 1.29 is 13.9 Å². The fourth-order valence-electron chi connectivity index (χ4n) is 5.96. The van der Waals surface area contributed by atoms with Crippen molar-refractivity contribution in [1.29, 1.82) is 5.26 Å². The van der Waals surface area contributed by atoms with E-state index in [2.05, 4.69) is 15.9 Å². The van der Waals surface area contributed by atoms with Gasteiger partial charge < -0.3 is 9.64 Å². The summed E-state index contributed by atoms with van der Waals surface area (Å²) in [5.41, 5.74) is 2.05. The molecule has 3 aromatic carbocycles. The first-order valence-electron chi connectivity index (χ1n) is 13.0. The SMILES string of the molecule is COc1c(C#N)cc2ccccc2c1CN(C)C(=O)C(c1ccc(F)cc1)N1CC[C@@H](N2CCCC2)C1. The molecule has 0 bridgehead atoms. The highest BCUT2D eigenvalue weighted by molar-refractivity contribution is 5.91. The molecule has 2 aliphatic heterocycles. The Labute approximate surface area is 217 Å². The van der Waals surface area contributed by atoms with E-state index in [-0.39, 0.29) is 11.7 Å². The smallest absolute Gasteiger partial charge is 0.244 e. The third-order valence-electron chi connectivity index (χ3n) is 7.84. The maximum Gasteiger partial charge on any atom is 0.244 e. The van der Waals surface area contributed by atoms with Crippen LogP contribution in [-0.4, -0.2) is 67.0 Å². The van der Waals surface area contributed by atoms with E-state index in [1.807, 2.05) is 30.3 Å². The van der Waals surface area contributed by atoms with Crippen LogP contribution in [0.2, 0.25) is 0 Å². The van der Waals surface area contributed by atoms with Gasteiger partial charge in [0, 0.05) is 38.3 Å². The Hall–Kier alpha value is -3.47. The van der Waals surface area contributed by atoms with Crippen LogP contribution >= 0.6 is 0 Å². The number of hydrogen-bond acceptors (Lipinski definition) is 5. The number of amides is 1. The van der Waals surface area contributed by atoms with Crippen LogP contribution in [0.5, 0.6) is 5.75 Å². The summed E-state index contributed by atoms with van der Waals surface area (Å²) >= 11 is 0. The molecule has 0 aliphatic carbocycles. The molecule has 2 fully saturated rings. The molecular weight excluding hydrogens is 467 g/mol. The number of carbonyl (C=O) groups excluding carboxylic acids is 1. The van der Waals surface area contributed by atoms with Crippen LogP contribution < -0.4 is 4.74 Å². The van der Waals surface area contributed by atoms with Gasteiger partial charge in [0.05, 0.1) is 12.7 Å². The number of carbonyl (C=O) groups is 1. The van der Waals surface area contributed by atoms with Crippen LogP contribution in [0, 0.1) is 17.1 Å². The lowest BCUT2D eigenvalue weighted by molar-refractivity contribution is -0.136. The van der Waals surface area contributed by atoms with Gasteiger partial charge >= 0.3 is 0 Å². The third kappa shape index (κ3) is 5.04. The van der Waals surface area contributed by atoms with Crippen LogP contribution in [0.25, 0.3) is 10.8 Å². The highest BCUT2D eigenvalue weighted by Crippen LogP contribution is 2.35. The number of likely N-dealkylation sites (N-methyl/N-ethyl adjacent to an activating group) is 1. The molecule has 6 nitrogen and oxygen atoms in total. The van der Waals surface area contributed by atoms with Crippen LogP contribution in [-0.2, 0) is 11.3 Å². The van der Waals surface area contributed by atoms with Crippen molar-refractivity contribution in [3.63, 3.8) is 0 Å². The van der Waals surface area contributed by atoms with Gasteiger partial charge in [-0.1, -0.05) is 36.4 Å². The van der Waals surface area contributed by atoms with Crippen LogP contribution in [0.15, 0.2) is 54.6 Å². The average molecular weight is 501 g/mol. The highest BCUT2D eigenvalue weighted by Gasteiger charge is 2.37. The molecule has 37 heavy (non-hydrogen) atoms. The van der Waals surface area contributed by atoms with Crippen molar-refractivity contribution in [3.8, 4) is 11.8 Å². The Balaban J connectivity index is 1.46. The van der Waals surface area contributed by atoms with Gasteiger partial charge in [0.2, 0.25) is 5.91 Å². The second-order valence-corrected chi connectivity index (χ2v) is 10.1. The summed E-state index contributed by atoms with van der Waals surface area (Å²) < 4.78 is 19.5. The zero-order chi connectivity index (χ0) is 25.9. The second-order valence-electron chi connectivity index (χ2n) is 10.1. The topological polar surface area (TPSA) is 59.8 Å². The Kier molecular flexibility index (Phi) is 7.40. The molecule has 5 rings (SSSR count).